The average Bonchev–Trinajstić information content (AvgIpc) is 2.52. The molecule has 0 atom stereocenters. The Bertz CT molecular complexity index is 625. The summed E-state index contributed by atoms with van der Waals surface area (Å²) in [7, 11) is 3.08. The molecule has 23 heavy (non-hydrogen) atoms. The zero-order valence-electron chi connectivity index (χ0n) is 13.3. The van der Waals surface area contributed by atoms with Crippen molar-refractivity contribution in [3.63, 3.8) is 0 Å². The zero-order chi connectivity index (χ0) is 17.1. The summed E-state index contributed by atoms with van der Waals surface area (Å²) in [4.78, 5) is 27.8. The van der Waals surface area contributed by atoms with Gasteiger partial charge >= 0.3 is 0 Å². The number of hydrogen-bond donors (Lipinski definition) is 2. The van der Waals surface area contributed by atoms with Crippen molar-refractivity contribution < 1.29 is 19.8 Å². The smallest absolute Gasteiger partial charge is 0.257 e. The first kappa shape index (κ1) is 17.4. The second kappa shape index (κ2) is 7.08. The first-order valence-electron chi connectivity index (χ1n) is 7.55. The van der Waals surface area contributed by atoms with Crippen molar-refractivity contribution in [1.82, 2.24) is 9.80 Å². The van der Waals surface area contributed by atoms with Crippen LogP contribution in [-0.2, 0) is 11.2 Å². The van der Waals surface area contributed by atoms with E-state index in [2.05, 4.69) is 0 Å². The highest BCUT2D eigenvalue weighted by molar-refractivity contribution is 6.33. The van der Waals surface area contributed by atoms with Crippen molar-refractivity contribution in [2.75, 3.05) is 27.2 Å². The van der Waals surface area contributed by atoms with Crippen molar-refractivity contribution in [3.05, 3.63) is 22.2 Å². The summed E-state index contributed by atoms with van der Waals surface area (Å²) in [5.41, 5.74) is 0.126. The molecule has 1 fully saturated rings. The van der Waals surface area contributed by atoms with Gasteiger partial charge in [-0.1, -0.05) is 11.6 Å². The number of carbonyl (C=O) groups is 2. The van der Waals surface area contributed by atoms with Crippen LogP contribution in [0.3, 0.4) is 0 Å². The van der Waals surface area contributed by atoms with Gasteiger partial charge < -0.3 is 20.0 Å². The largest absolute Gasteiger partial charge is 0.507 e. The summed E-state index contributed by atoms with van der Waals surface area (Å²) in [5.74, 6) is -1.36. The average molecular weight is 341 g/mol. The van der Waals surface area contributed by atoms with E-state index >= 15 is 0 Å². The van der Waals surface area contributed by atoms with Gasteiger partial charge in [-0.25, -0.2) is 0 Å². The van der Waals surface area contributed by atoms with Gasteiger partial charge in [0, 0.05) is 38.8 Å². The lowest BCUT2D eigenvalue weighted by atomic mass is 10.00. The fourth-order valence-electron chi connectivity index (χ4n) is 2.72. The molecule has 1 aromatic rings. The molecule has 2 rings (SSSR count). The highest BCUT2D eigenvalue weighted by Crippen LogP contribution is 2.37. The third-order valence-electron chi connectivity index (χ3n) is 3.98. The number of hydrogen-bond acceptors (Lipinski definition) is 4. The summed E-state index contributed by atoms with van der Waals surface area (Å²) in [6.07, 6.45) is 2.88. The van der Waals surface area contributed by atoms with E-state index in [1.54, 1.807) is 19.0 Å². The van der Waals surface area contributed by atoms with Crippen LogP contribution in [0.2, 0.25) is 5.02 Å². The van der Waals surface area contributed by atoms with Crippen LogP contribution in [-0.4, -0.2) is 59.0 Å². The standard InChI is InChI=1S/C16H21ClN2O4/c1-18(2)16(23)14-10(15(17)12(21)9-11(14)20)8-13(22)19-6-4-3-5-7-19/h9,20-21H,3-8H2,1-2H3. The molecule has 0 aromatic heterocycles. The molecule has 0 aliphatic carbocycles. The molecule has 6 nitrogen and oxygen atoms in total. The number of phenolic OH excluding ortho intramolecular Hbond substituents is 2. The van der Waals surface area contributed by atoms with Gasteiger partial charge in [0.15, 0.2) is 0 Å². The lowest BCUT2D eigenvalue weighted by Gasteiger charge is -2.27. The Hall–Kier alpha value is -1.95. The quantitative estimate of drug-likeness (QED) is 0.882. The monoisotopic (exact) mass is 340 g/mol. The van der Waals surface area contributed by atoms with Crippen LogP contribution < -0.4 is 0 Å². The number of piperidine rings is 1. The number of likely N-dealkylation sites (tertiary alicyclic amines) is 1. The molecule has 1 saturated heterocycles. The highest BCUT2D eigenvalue weighted by Gasteiger charge is 2.27. The van der Waals surface area contributed by atoms with Gasteiger partial charge in [0.25, 0.3) is 5.91 Å². The lowest BCUT2D eigenvalue weighted by Crippen LogP contribution is -2.37. The van der Waals surface area contributed by atoms with E-state index in [0.29, 0.717) is 13.1 Å². The van der Waals surface area contributed by atoms with Crippen LogP contribution in [0.5, 0.6) is 11.5 Å². The minimum atomic E-state index is -0.467. The van der Waals surface area contributed by atoms with E-state index in [-0.39, 0.29) is 40.0 Å². The first-order chi connectivity index (χ1) is 10.8. The Labute approximate surface area is 140 Å². The van der Waals surface area contributed by atoms with Crippen LogP contribution in [0.4, 0.5) is 0 Å². The molecule has 126 valence electrons. The van der Waals surface area contributed by atoms with Crippen molar-refractivity contribution in [2.45, 2.75) is 25.7 Å². The fourth-order valence-corrected chi connectivity index (χ4v) is 2.93. The molecule has 1 heterocycles. The van der Waals surface area contributed by atoms with Crippen LogP contribution in [0, 0.1) is 0 Å². The summed E-state index contributed by atoms with van der Waals surface area (Å²) >= 11 is 6.10. The molecule has 0 spiro atoms. The van der Waals surface area contributed by atoms with Gasteiger partial charge in [-0.15, -0.1) is 0 Å². The summed E-state index contributed by atoms with van der Waals surface area (Å²) in [5, 5.41) is 19.8. The van der Waals surface area contributed by atoms with Gasteiger partial charge in [0.2, 0.25) is 5.91 Å². The second-order valence-corrected chi connectivity index (χ2v) is 6.28. The van der Waals surface area contributed by atoms with E-state index < -0.39 is 5.91 Å². The SMILES string of the molecule is CN(C)C(=O)c1c(O)cc(O)c(Cl)c1CC(=O)N1CCCCC1. The minimum absolute atomic E-state index is 0.0387. The molecule has 1 aliphatic rings. The maximum Gasteiger partial charge on any atom is 0.257 e. The van der Waals surface area contributed by atoms with Crippen molar-refractivity contribution in [1.29, 1.82) is 0 Å². The van der Waals surface area contributed by atoms with E-state index in [0.717, 1.165) is 25.3 Å². The van der Waals surface area contributed by atoms with Crippen LogP contribution >= 0.6 is 11.6 Å². The fraction of sp³-hybridized carbons (Fsp3) is 0.500. The summed E-state index contributed by atoms with van der Waals surface area (Å²) in [6.45, 7) is 1.36. The summed E-state index contributed by atoms with van der Waals surface area (Å²) < 4.78 is 0. The molecule has 1 aromatic carbocycles. The molecular formula is C16H21ClN2O4. The van der Waals surface area contributed by atoms with Gasteiger partial charge in [-0.3, -0.25) is 9.59 Å². The lowest BCUT2D eigenvalue weighted by molar-refractivity contribution is -0.131. The zero-order valence-corrected chi connectivity index (χ0v) is 14.1. The molecule has 0 bridgehead atoms. The maximum absolute atomic E-state index is 12.5. The number of rotatable bonds is 3. The number of halogens is 1. The molecule has 2 amide bonds. The molecule has 0 radical (unpaired) electrons. The first-order valence-corrected chi connectivity index (χ1v) is 7.93. The normalized spacial score (nSPS) is 14.7. The second-order valence-electron chi connectivity index (χ2n) is 5.90. The Morgan fingerprint density at radius 3 is 2.35 bits per heavy atom. The molecule has 1 aliphatic heterocycles. The molecular weight excluding hydrogens is 320 g/mol. The van der Waals surface area contributed by atoms with E-state index in [4.69, 9.17) is 11.6 Å². The Morgan fingerprint density at radius 1 is 1.17 bits per heavy atom. The van der Waals surface area contributed by atoms with Gasteiger partial charge in [-0.2, -0.15) is 0 Å². The molecule has 0 unspecified atom stereocenters. The van der Waals surface area contributed by atoms with Crippen LogP contribution in [0.25, 0.3) is 0 Å². The van der Waals surface area contributed by atoms with Crippen molar-refractivity contribution in [2.24, 2.45) is 0 Å². The number of aromatic hydroxyl groups is 2. The van der Waals surface area contributed by atoms with E-state index in [1.165, 1.54) is 4.90 Å². The van der Waals surface area contributed by atoms with Crippen LogP contribution in [0.15, 0.2) is 6.07 Å². The Morgan fingerprint density at radius 2 is 1.78 bits per heavy atom. The van der Waals surface area contributed by atoms with E-state index in [9.17, 15) is 19.8 Å². The predicted molar refractivity (Wildman–Crippen MR) is 86.9 cm³/mol. The number of phenols is 2. The van der Waals surface area contributed by atoms with Gasteiger partial charge in [0.05, 0.1) is 17.0 Å². The van der Waals surface area contributed by atoms with Gasteiger partial charge in [0.1, 0.15) is 11.5 Å². The van der Waals surface area contributed by atoms with Crippen molar-refractivity contribution >= 4 is 23.4 Å². The number of carbonyl (C=O) groups excluding carboxylic acids is 2. The maximum atomic E-state index is 12.5. The topological polar surface area (TPSA) is 81.1 Å². The molecule has 7 heteroatoms. The minimum Gasteiger partial charge on any atom is -0.507 e. The molecule has 0 saturated carbocycles. The van der Waals surface area contributed by atoms with E-state index in [1.807, 2.05) is 0 Å². The Balaban J connectivity index is 2.39. The van der Waals surface area contributed by atoms with Crippen LogP contribution in [0.1, 0.15) is 35.2 Å². The third kappa shape index (κ3) is 3.69. The highest BCUT2D eigenvalue weighted by atomic mass is 35.5. The van der Waals surface area contributed by atoms with Gasteiger partial charge in [-0.05, 0) is 19.3 Å². The Kier molecular flexibility index (Phi) is 5.36. The number of nitrogens with zero attached hydrogens (tertiary/aromatic N) is 2. The predicted octanol–water partition coefficient (Wildman–Crippen LogP) is 2.01. The number of amides is 2. The number of benzene rings is 1. The summed E-state index contributed by atoms with van der Waals surface area (Å²) in [6, 6.07) is 1.02. The third-order valence-corrected chi connectivity index (χ3v) is 4.40. The van der Waals surface area contributed by atoms with Crippen molar-refractivity contribution in [3.8, 4) is 11.5 Å². The molecule has 2 N–H and O–H groups in total.